The van der Waals surface area contributed by atoms with E-state index in [1.54, 1.807) is 33.5 Å². The van der Waals surface area contributed by atoms with Gasteiger partial charge < -0.3 is 24.0 Å². The maximum Gasteiger partial charge on any atom is 0.258 e. The van der Waals surface area contributed by atoms with E-state index in [-0.39, 0.29) is 11.9 Å². The van der Waals surface area contributed by atoms with Crippen LogP contribution in [0.2, 0.25) is 0 Å². The number of carbonyl (C=O) groups is 1. The second-order valence-corrected chi connectivity index (χ2v) is 6.59. The molecule has 6 nitrogen and oxygen atoms in total. The molecule has 1 fully saturated rings. The molecule has 1 saturated heterocycles. The van der Waals surface area contributed by atoms with Crippen LogP contribution in [-0.2, 0) is 0 Å². The average Bonchev–Trinajstić information content (AvgIpc) is 2.72. The maximum atomic E-state index is 13.5. The van der Waals surface area contributed by atoms with Crippen molar-refractivity contribution in [1.82, 2.24) is 9.80 Å². The van der Waals surface area contributed by atoms with E-state index in [9.17, 15) is 4.79 Å². The molecule has 1 amide bonds. The maximum absolute atomic E-state index is 13.5. The molecule has 144 valence electrons. The highest BCUT2D eigenvalue weighted by Crippen LogP contribution is 2.36. The Morgan fingerprint density at radius 2 is 1.56 bits per heavy atom. The summed E-state index contributed by atoms with van der Waals surface area (Å²) in [6, 6.07) is 13.5. The number of hydrogen-bond donors (Lipinski definition) is 0. The van der Waals surface area contributed by atoms with Crippen LogP contribution in [0.4, 0.5) is 0 Å². The van der Waals surface area contributed by atoms with Crippen LogP contribution in [0.25, 0.3) is 0 Å². The summed E-state index contributed by atoms with van der Waals surface area (Å²) in [7, 11) is 6.75. The Labute approximate surface area is 160 Å². The molecule has 1 atom stereocenters. The minimum atomic E-state index is -0.0743. The van der Waals surface area contributed by atoms with Crippen LogP contribution in [0.5, 0.6) is 17.2 Å². The van der Waals surface area contributed by atoms with Crippen molar-refractivity contribution >= 4 is 5.91 Å². The molecule has 2 aromatic rings. The third-order valence-electron chi connectivity index (χ3n) is 4.96. The number of likely N-dealkylation sites (N-methyl/N-ethyl adjacent to an activating group) is 1. The number of methoxy groups -OCH3 is 3. The molecule has 2 aromatic carbocycles. The molecule has 6 heteroatoms. The zero-order valence-electron chi connectivity index (χ0n) is 16.3. The molecule has 27 heavy (non-hydrogen) atoms. The van der Waals surface area contributed by atoms with Gasteiger partial charge in [0.2, 0.25) is 0 Å². The topological polar surface area (TPSA) is 51.2 Å². The van der Waals surface area contributed by atoms with Gasteiger partial charge in [-0.2, -0.15) is 0 Å². The van der Waals surface area contributed by atoms with Crippen molar-refractivity contribution in [2.45, 2.75) is 6.04 Å². The Kier molecular flexibility index (Phi) is 5.86. The number of rotatable bonds is 5. The zero-order valence-corrected chi connectivity index (χ0v) is 16.3. The third kappa shape index (κ3) is 3.85. The van der Waals surface area contributed by atoms with Gasteiger partial charge in [-0.1, -0.05) is 30.3 Å². The number of benzene rings is 2. The van der Waals surface area contributed by atoms with E-state index < -0.39 is 0 Å². The number of nitrogens with zero attached hydrogens (tertiary/aromatic N) is 2. The average molecular weight is 370 g/mol. The minimum Gasteiger partial charge on any atom is -0.496 e. The number of hydrogen-bond acceptors (Lipinski definition) is 5. The summed E-state index contributed by atoms with van der Waals surface area (Å²) in [6.45, 7) is 2.25. The van der Waals surface area contributed by atoms with Gasteiger partial charge in [0, 0.05) is 31.8 Å². The highest BCUT2D eigenvalue weighted by atomic mass is 16.5. The lowest BCUT2D eigenvalue weighted by atomic mass is 10.0. The van der Waals surface area contributed by atoms with Crippen molar-refractivity contribution in [1.29, 1.82) is 0 Å². The van der Waals surface area contributed by atoms with Gasteiger partial charge in [0.15, 0.2) is 11.5 Å². The van der Waals surface area contributed by atoms with Gasteiger partial charge in [0.05, 0.1) is 32.9 Å². The lowest BCUT2D eigenvalue weighted by Gasteiger charge is -2.40. The predicted molar refractivity (Wildman–Crippen MR) is 104 cm³/mol. The second-order valence-electron chi connectivity index (χ2n) is 6.59. The van der Waals surface area contributed by atoms with Crippen LogP contribution in [0.15, 0.2) is 42.5 Å². The monoisotopic (exact) mass is 370 g/mol. The largest absolute Gasteiger partial charge is 0.496 e. The van der Waals surface area contributed by atoms with E-state index in [4.69, 9.17) is 14.2 Å². The van der Waals surface area contributed by atoms with Crippen molar-refractivity contribution in [3.63, 3.8) is 0 Å². The highest BCUT2D eigenvalue weighted by molar-refractivity contribution is 5.98. The fraction of sp³-hybridized carbons (Fsp3) is 0.381. The van der Waals surface area contributed by atoms with Gasteiger partial charge in [0.1, 0.15) is 5.75 Å². The Balaban J connectivity index is 2.00. The van der Waals surface area contributed by atoms with E-state index in [0.29, 0.717) is 29.4 Å². The summed E-state index contributed by atoms with van der Waals surface area (Å²) in [5.41, 5.74) is 1.59. The first-order chi connectivity index (χ1) is 13.1. The highest BCUT2D eigenvalue weighted by Gasteiger charge is 2.32. The predicted octanol–water partition coefficient (Wildman–Crippen LogP) is 2.84. The molecule has 1 heterocycles. The third-order valence-corrected chi connectivity index (χ3v) is 4.96. The SMILES string of the molecule is COc1cc(OC)c(C(=O)N2CCN(C)CC2c2ccccc2)cc1OC. The molecular formula is C21H26N2O4. The molecule has 1 aliphatic rings. The van der Waals surface area contributed by atoms with Crippen molar-refractivity contribution in [3.8, 4) is 17.2 Å². The molecule has 0 N–H and O–H groups in total. The van der Waals surface area contributed by atoms with Crippen molar-refractivity contribution in [2.24, 2.45) is 0 Å². The Morgan fingerprint density at radius 1 is 0.926 bits per heavy atom. The molecule has 3 rings (SSSR count). The summed E-state index contributed by atoms with van der Waals surface area (Å²) in [5.74, 6) is 1.44. The van der Waals surface area contributed by atoms with Gasteiger partial charge in [0.25, 0.3) is 5.91 Å². The van der Waals surface area contributed by atoms with E-state index in [1.165, 1.54) is 0 Å². The lowest BCUT2D eigenvalue weighted by molar-refractivity contribution is 0.0494. The van der Waals surface area contributed by atoms with E-state index in [0.717, 1.165) is 18.7 Å². The normalized spacial score (nSPS) is 17.5. The van der Waals surface area contributed by atoms with Gasteiger partial charge in [-0.3, -0.25) is 4.79 Å². The smallest absolute Gasteiger partial charge is 0.258 e. The Bertz CT molecular complexity index is 794. The van der Waals surface area contributed by atoms with Crippen LogP contribution < -0.4 is 14.2 Å². The standard InChI is InChI=1S/C21H26N2O4/c1-22-10-11-23(17(14-22)15-8-6-5-7-9-15)21(24)16-12-19(26-3)20(27-4)13-18(16)25-2/h5-9,12-13,17H,10-11,14H2,1-4H3. The van der Waals surface area contributed by atoms with E-state index >= 15 is 0 Å². The van der Waals surface area contributed by atoms with Crippen molar-refractivity contribution in [3.05, 3.63) is 53.6 Å². The number of carbonyl (C=O) groups excluding carboxylic acids is 1. The van der Waals surface area contributed by atoms with Crippen LogP contribution >= 0.6 is 0 Å². The van der Waals surface area contributed by atoms with E-state index in [2.05, 4.69) is 24.1 Å². The van der Waals surface area contributed by atoms with Crippen LogP contribution in [0.1, 0.15) is 22.0 Å². The van der Waals surface area contributed by atoms with E-state index in [1.807, 2.05) is 23.1 Å². The second kappa shape index (κ2) is 8.31. The van der Waals surface area contributed by atoms with Gasteiger partial charge in [-0.15, -0.1) is 0 Å². The molecule has 1 unspecified atom stereocenters. The molecular weight excluding hydrogens is 344 g/mol. The van der Waals surface area contributed by atoms with Gasteiger partial charge in [-0.25, -0.2) is 0 Å². The van der Waals surface area contributed by atoms with Crippen LogP contribution in [0, 0.1) is 0 Å². The first kappa shape index (κ1) is 19.0. The molecule has 0 aliphatic carbocycles. The van der Waals surface area contributed by atoms with Gasteiger partial charge >= 0.3 is 0 Å². The number of ether oxygens (including phenoxy) is 3. The van der Waals surface area contributed by atoms with Crippen LogP contribution in [-0.4, -0.2) is 63.7 Å². The zero-order chi connectivity index (χ0) is 19.4. The summed E-state index contributed by atoms with van der Waals surface area (Å²) in [6.07, 6.45) is 0. The fourth-order valence-electron chi connectivity index (χ4n) is 3.47. The lowest BCUT2D eigenvalue weighted by Crippen LogP contribution is -2.49. The Hall–Kier alpha value is -2.73. The molecule has 0 saturated carbocycles. The fourth-order valence-corrected chi connectivity index (χ4v) is 3.47. The minimum absolute atomic E-state index is 0.0183. The summed E-state index contributed by atoms with van der Waals surface area (Å²) >= 11 is 0. The van der Waals surface area contributed by atoms with Gasteiger partial charge in [-0.05, 0) is 12.6 Å². The quantitative estimate of drug-likeness (QED) is 0.810. The summed E-state index contributed by atoms with van der Waals surface area (Å²) < 4.78 is 16.2. The summed E-state index contributed by atoms with van der Waals surface area (Å²) in [5, 5.41) is 0. The first-order valence-corrected chi connectivity index (χ1v) is 8.93. The molecule has 0 bridgehead atoms. The molecule has 1 aliphatic heterocycles. The molecule has 0 spiro atoms. The van der Waals surface area contributed by atoms with Crippen molar-refractivity contribution in [2.75, 3.05) is 48.0 Å². The molecule has 0 radical (unpaired) electrons. The van der Waals surface area contributed by atoms with Crippen molar-refractivity contribution < 1.29 is 19.0 Å². The summed E-state index contributed by atoms with van der Waals surface area (Å²) in [4.78, 5) is 17.6. The van der Waals surface area contributed by atoms with Crippen LogP contribution in [0.3, 0.4) is 0 Å². The molecule has 0 aromatic heterocycles. The Morgan fingerprint density at radius 3 is 2.19 bits per heavy atom. The number of amides is 1. The first-order valence-electron chi connectivity index (χ1n) is 8.93. The number of piperazine rings is 1.